The highest BCUT2D eigenvalue weighted by atomic mass is 16.7. The first-order valence-corrected chi connectivity index (χ1v) is 10.7. The Kier molecular flexibility index (Phi) is 13.2. The molecule has 14 nitrogen and oxygen atoms in total. The van der Waals surface area contributed by atoms with Crippen molar-refractivity contribution < 1.29 is 62.2 Å². The van der Waals surface area contributed by atoms with Gasteiger partial charge in [-0.2, -0.15) is 0 Å². The Balaban J connectivity index is 3.31. The molecule has 0 bridgehead atoms. The number of hydrogen-bond acceptors (Lipinski definition) is 14. The first-order chi connectivity index (χ1) is 16.5. The average molecular weight is 510 g/mol. The Morgan fingerprint density at radius 3 is 2.14 bits per heavy atom. The van der Waals surface area contributed by atoms with Gasteiger partial charge in [0.1, 0.15) is 43.4 Å². The second-order valence-electron chi connectivity index (χ2n) is 7.68. The van der Waals surface area contributed by atoms with Gasteiger partial charge in [0.2, 0.25) is 0 Å². The Morgan fingerprint density at radius 2 is 1.69 bits per heavy atom. The van der Waals surface area contributed by atoms with Crippen molar-refractivity contribution in [2.24, 2.45) is 5.73 Å². The molecule has 0 radical (unpaired) electrons. The molecule has 1 rings (SSSR count). The highest BCUT2D eigenvalue weighted by Gasteiger charge is 2.49. The van der Waals surface area contributed by atoms with E-state index in [0.717, 1.165) is 14.0 Å². The zero-order valence-electron chi connectivity index (χ0n) is 20.6. The third-order valence-corrected chi connectivity index (χ3v) is 5.31. The van der Waals surface area contributed by atoms with Gasteiger partial charge in [-0.15, -0.1) is 0 Å². The van der Waals surface area contributed by atoms with Crippen LogP contribution in [-0.4, -0.2) is 119 Å². The number of nitrogens with two attached hydrogens (primary N) is 1. The van der Waals surface area contributed by atoms with Crippen molar-refractivity contribution >= 4 is 24.2 Å². The lowest BCUT2D eigenvalue weighted by Crippen LogP contribution is -2.65. The molecule has 1 fully saturated rings. The van der Waals surface area contributed by atoms with Crippen molar-refractivity contribution in [1.82, 2.24) is 0 Å². The highest BCUT2D eigenvalue weighted by Crippen LogP contribution is 2.28. The molecule has 9 atom stereocenters. The fourth-order valence-corrected chi connectivity index (χ4v) is 3.67. The number of methoxy groups -OCH3 is 4. The second kappa shape index (κ2) is 15.0. The predicted octanol–water partition coefficient (Wildman–Crippen LogP) is -1.91. The van der Waals surface area contributed by atoms with Crippen molar-refractivity contribution in [2.75, 3.05) is 35.0 Å². The van der Waals surface area contributed by atoms with Crippen LogP contribution in [0.5, 0.6) is 0 Å². The van der Waals surface area contributed by atoms with Crippen molar-refractivity contribution in [3.63, 3.8) is 0 Å². The standard InChI is InChI=1S/C21H35NO13/c1-10(24)32-9-14-18(19(30-5)16(22)13(8-23)34-14)35-21(31-6)20(33-11(2)25)17(29-4)12(26)7-15(27)28-3/h8,12-14,16-21,26H,7,9,22H2,1-6H3. The summed E-state index contributed by atoms with van der Waals surface area (Å²) >= 11 is 0. The third-order valence-electron chi connectivity index (χ3n) is 5.31. The van der Waals surface area contributed by atoms with Crippen molar-refractivity contribution in [1.29, 1.82) is 0 Å². The number of carbonyl (C=O) groups is 4. The van der Waals surface area contributed by atoms with Gasteiger partial charge in [-0.1, -0.05) is 0 Å². The number of esters is 3. The molecule has 1 heterocycles. The quantitative estimate of drug-likeness (QED) is 0.114. The third kappa shape index (κ3) is 8.75. The summed E-state index contributed by atoms with van der Waals surface area (Å²) < 4.78 is 42.8. The van der Waals surface area contributed by atoms with Crippen LogP contribution in [0.3, 0.4) is 0 Å². The summed E-state index contributed by atoms with van der Waals surface area (Å²) in [6.07, 6.45) is -9.72. The van der Waals surface area contributed by atoms with E-state index in [1.165, 1.54) is 28.3 Å². The number of ether oxygens (including phenoxy) is 8. The molecule has 1 saturated heterocycles. The molecule has 35 heavy (non-hydrogen) atoms. The molecule has 0 saturated carbocycles. The summed E-state index contributed by atoms with van der Waals surface area (Å²) in [6.45, 7) is 2.00. The summed E-state index contributed by atoms with van der Waals surface area (Å²) in [6, 6.07) is -0.969. The summed E-state index contributed by atoms with van der Waals surface area (Å²) in [5.41, 5.74) is 6.12. The number of aliphatic hydroxyl groups excluding tert-OH is 1. The lowest BCUT2D eigenvalue weighted by Gasteiger charge is -2.45. The molecule has 3 N–H and O–H groups in total. The molecule has 0 spiro atoms. The van der Waals surface area contributed by atoms with Gasteiger partial charge in [0.15, 0.2) is 12.4 Å². The van der Waals surface area contributed by atoms with Crippen LogP contribution in [0.4, 0.5) is 0 Å². The van der Waals surface area contributed by atoms with Crippen LogP contribution in [0.25, 0.3) is 0 Å². The predicted molar refractivity (Wildman–Crippen MR) is 115 cm³/mol. The van der Waals surface area contributed by atoms with Gasteiger partial charge >= 0.3 is 17.9 Å². The Labute approximate surface area is 203 Å². The van der Waals surface area contributed by atoms with Gasteiger partial charge < -0.3 is 53.5 Å². The zero-order valence-corrected chi connectivity index (χ0v) is 20.6. The summed E-state index contributed by atoms with van der Waals surface area (Å²) in [7, 11) is 4.94. The van der Waals surface area contributed by atoms with Gasteiger partial charge in [-0.25, -0.2) is 0 Å². The summed E-state index contributed by atoms with van der Waals surface area (Å²) in [4.78, 5) is 46.4. The normalized spacial score (nSPS) is 27.7. The lowest BCUT2D eigenvalue weighted by atomic mass is 9.93. The first kappa shape index (κ1) is 30.8. The van der Waals surface area contributed by atoms with Crippen molar-refractivity contribution in [3.05, 3.63) is 0 Å². The van der Waals surface area contributed by atoms with Crippen LogP contribution in [-0.2, 0) is 57.1 Å². The zero-order chi connectivity index (χ0) is 26.7. The minimum Gasteiger partial charge on any atom is -0.469 e. The average Bonchev–Trinajstić information content (AvgIpc) is 2.81. The SMILES string of the molecule is COC(=O)CC(O)C(OC)C(OC(C)=O)C(OC)OC1C(COC(C)=O)OC(C=O)C(N)C1OC. The van der Waals surface area contributed by atoms with Gasteiger partial charge in [-0.3, -0.25) is 14.4 Å². The van der Waals surface area contributed by atoms with E-state index in [9.17, 15) is 24.3 Å². The number of aldehydes is 1. The van der Waals surface area contributed by atoms with Crippen LogP contribution in [0.15, 0.2) is 0 Å². The van der Waals surface area contributed by atoms with E-state index < -0.39 is 79.4 Å². The first-order valence-electron chi connectivity index (χ1n) is 10.7. The van der Waals surface area contributed by atoms with Crippen molar-refractivity contribution in [3.8, 4) is 0 Å². The van der Waals surface area contributed by atoms with E-state index in [4.69, 9.17) is 38.9 Å². The molecule has 1 aliphatic heterocycles. The van der Waals surface area contributed by atoms with Crippen LogP contribution < -0.4 is 5.73 Å². The number of aliphatic hydroxyl groups is 1. The Hall–Kier alpha value is -2.20. The molecule has 9 unspecified atom stereocenters. The van der Waals surface area contributed by atoms with E-state index in [0.29, 0.717) is 6.29 Å². The van der Waals surface area contributed by atoms with E-state index in [-0.39, 0.29) is 6.61 Å². The van der Waals surface area contributed by atoms with E-state index in [2.05, 4.69) is 4.74 Å². The van der Waals surface area contributed by atoms with Gasteiger partial charge in [-0.05, 0) is 0 Å². The van der Waals surface area contributed by atoms with Gasteiger partial charge in [0.25, 0.3) is 0 Å². The molecular weight excluding hydrogens is 474 g/mol. The highest BCUT2D eigenvalue weighted by molar-refractivity contribution is 5.70. The van der Waals surface area contributed by atoms with Crippen molar-refractivity contribution in [2.45, 2.75) is 75.3 Å². The number of hydrogen-bond donors (Lipinski definition) is 2. The maximum absolute atomic E-state index is 11.9. The number of rotatable bonds is 14. The lowest BCUT2D eigenvalue weighted by molar-refractivity contribution is -0.289. The minimum atomic E-state index is -1.47. The maximum atomic E-state index is 11.9. The summed E-state index contributed by atoms with van der Waals surface area (Å²) in [5.74, 6) is -2.10. The molecule has 202 valence electrons. The fraction of sp³-hybridized carbons (Fsp3) is 0.810. The second-order valence-corrected chi connectivity index (χ2v) is 7.68. The van der Waals surface area contributed by atoms with Gasteiger partial charge in [0, 0.05) is 35.2 Å². The summed E-state index contributed by atoms with van der Waals surface area (Å²) in [5, 5.41) is 10.6. The van der Waals surface area contributed by atoms with E-state index in [1.54, 1.807) is 0 Å². The van der Waals surface area contributed by atoms with E-state index >= 15 is 0 Å². The molecule has 0 aromatic rings. The molecule has 1 aliphatic rings. The van der Waals surface area contributed by atoms with Gasteiger partial charge in [0.05, 0.1) is 25.7 Å². The maximum Gasteiger partial charge on any atom is 0.308 e. The molecule has 0 amide bonds. The molecule has 0 aromatic carbocycles. The smallest absolute Gasteiger partial charge is 0.308 e. The molecular formula is C21H35NO13. The molecule has 0 aliphatic carbocycles. The van der Waals surface area contributed by atoms with Crippen LogP contribution in [0, 0.1) is 0 Å². The Morgan fingerprint density at radius 1 is 1.03 bits per heavy atom. The van der Waals surface area contributed by atoms with Crippen LogP contribution >= 0.6 is 0 Å². The van der Waals surface area contributed by atoms with Crippen LogP contribution in [0.1, 0.15) is 20.3 Å². The van der Waals surface area contributed by atoms with Crippen LogP contribution in [0.2, 0.25) is 0 Å². The minimum absolute atomic E-state index is 0.315. The molecule has 0 aromatic heterocycles. The monoisotopic (exact) mass is 509 g/mol. The number of carbonyl (C=O) groups excluding carboxylic acids is 4. The fourth-order valence-electron chi connectivity index (χ4n) is 3.67. The van der Waals surface area contributed by atoms with E-state index in [1.807, 2.05) is 0 Å². The molecule has 14 heteroatoms. The largest absolute Gasteiger partial charge is 0.469 e. The topological polar surface area (TPSA) is 188 Å². The Bertz CT molecular complexity index is 705.